The molecule has 0 spiro atoms. The molecule has 0 saturated heterocycles. The summed E-state index contributed by atoms with van der Waals surface area (Å²) in [6, 6.07) is 60.6. The van der Waals surface area contributed by atoms with E-state index in [1.54, 1.807) is 11.3 Å². The molecule has 0 aliphatic rings. The van der Waals surface area contributed by atoms with Crippen molar-refractivity contribution in [1.82, 2.24) is 19.1 Å². The first kappa shape index (κ1) is 28.3. The molecule has 0 N–H and O–H groups in total. The van der Waals surface area contributed by atoms with Crippen molar-refractivity contribution >= 4 is 75.3 Å². The molecule has 0 atom stereocenters. The molecule has 0 bridgehead atoms. The maximum atomic E-state index is 5.21. The van der Waals surface area contributed by atoms with Gasteiger partial charge >= 0.3 is 0 Å². The summed E-state index contributed by atoms with van der Waals surface area (Å²) in [6.07, 6.45) is 0. The fourth-order valence-corrected chi connectivity index (χ4v) is 8.99. The van der Waals surface area contributed by atoms with Crippen molar-refractivity contribution in [3.63, 3.8) is 0 Å². The lowest BCUT2D eigenvalue weighted by atomic mass is 10.1. The van der Waals surface area contributed by atoms with E-state index >= 15 is 0 Å². The summed E-state index contributed by atoms with van der Waals surface area (Å²) in [4.78, 5) is 10.3. The SMILES string of the molecule is c1ccc(-c2nc(-c3ccc(-n4c5ccccc5c5cc6c7ccccc7n(-c7ccccc7)c6cc54)cc3)c3sc4ccccc4c3n2)cc1. The van der Waals surface area contributed by atoms with Gasteiger partial charge in [0.2, 0.25) is 0 Å². The predicted molar refractivity (Wildman–Crippen MR) is 214 cm³/mol. The van der Waals surface area contributed by atoms with E-state index in [-0.39, 0.29) is 0 Å². The Bertz CT molecular complexity index is 3120. The van der Waals surface area contributed by atoms with Crippen LogP contribution in [-0.4, -0.2) is 19.1 Å². The van der Waals surface area contributed by atoms with Crippen molar-refractivity contribution in [2.24, 2.45) is 0 Å². The highest BCUT2D eigenvalue weighted by Gasteiger charge is 2.20. The van der Waals surface area contributed by atoms with Crippen LogP contribution in [0.2, 0.25) is 0 Å². The first-order chi connectivity index (χ1) is 25.3. The summed E-state index contributed by atoms with van der Waals surface area (Å²) >= 11 is 1.76. The van der Waals surface area contributed by atoms with Crippen molar-refractivity contribution in [3.8, 4) is 34.0 Å². The molecule has 0 amide bonds. The summed E-state index contributed by atoms with van der Waals surface area (Å²) in [6.45, 7) is 0. The van der Waals surface area contributed by atoms with E-state index in [9.17, 15) is 0 Å². The van der Waals surface area contributed by atoms with Gasteiger partial charge in [0.1, 0.15) is 0 Å². The minimum Gasteiger partial charge on any atom is -0.309 e. The van der Waals surface area contributed by atoms with Gasteiger partial charge in [-0.25, -0.2) is 9.97 Å². The van der Waals surface area contributed by atoms with Crippen molar-refractivity contribution in [3.05, 3.63) is 170 Å². The minimum absolute atomic E-state index is 0.742. The zero-order valence-corrected chi connectivity index (χ0v) is 28.2. The quantitative estimate of drug-likeness (QED) is 0.187. The number of aromatic nitrogens is 4. The molecule has 0 saturated carbocycles. The Morgan fingerprint density at radius 3 is 1.61 bits per heavy atom. The average molecular weight is 669 g/mol. The Balaban J connectivity index is 1.14. The lowest BCUT2D eigenvalue weighted by molar-refractivity contribution is 1.16. The lowest BCUT2D eigenvalue weighted by Gasteiger charge is -2.11. The van der Waals surface area contributed by atoms with Gasteiger partial charge in [0.25, 0.3) is 0 Å². The third-order valence-electron chi connectivity index (χ3n) is 10.1. The van der Waals surface area contributed by atoms with Crippen LogP contribution in [0.1, 0.15) is 0 Å². The number of hydrogen-bond donors (Lipinski definition) is 0. The number of thiophene rings is 1. The van der Waals surface area contributed by atoms with E-state index in [0.29, 0.717) is 0 Å². The van der Waals surface area contributed by atoms with Gasteiger partial charge in [-0.05, 0) is 54.6 Å². The molecule has 238 valence electrons. The topological polar surface area (TPSA) is 35.6 Å². The van der Waals surface area contributed by atoms with Crippen LogP contribution in [0.3, 0.4) is 0 Å². The van der Waals surface area contributed by atoms with Crippen LogP contribution >= 0.6 is 11.3 Å². The highest BCUT2D eigenvalue weighted by atomic mass is 32.1. The van der Waals surface area contributed by atoms with Crippen molar-refractivity contribution in [1.29, 1.82) is 0 Å². The van der Waals surface area contributed by atoms with E-state index in [2.05, 4.69) is 161 Å². The van der Waals surface area contributed by atoms with Gasteiger partial charge < -0.3 is 9.13 Å². The predicted octanol–water partition coefficient (Wildman–Crippen LogP) is 12.4. The second-order valence-corrected chi connectivity index (χ2v) is 14.1. The Labute approximate surface area is 297 Å². The Hall–Kier alpha value is -6.56. The van der Waals surface area contributed by atoms with Crippen LogP contribution in [-0.2, 0) is 0 Å². The first-order valence-corrected chi connectivity index (χ1v) is 18.0. The van der Waals surface area contributed by atoms with E-state index in [1.807, 2.05) is 18.2 Å². The van der Waals surface area contributed by atoms with Crippen LogP contribution in [0.5, 0.6) is 0 Å². The molecule has 0 unspecified atom stereocenters. The van der Waals surface area contributed by atoms with Gasteiger partial charge in [-0.15, -0.1) is 11.3 Å². The third-order valence-corrected chi connectivity index (χ3v) is 11.3. The van der Waals surface area contributed by atoms with Crippen LogP contribution in [0.25, 0.3) is 97.9 Å². The molecule has 0 fully saturated rings. The Morgan fingerprint density at radius 1 is 0.392 bits per heavy atom. The number of hydrogen-bond acceptors (Lipinski definition) is 3. The summed E-state index contributed by atoms with van der Waals surface area (Å²) in [5.74, 6) is 0.742. The molecule has 7 aromatic carbocycles. The highest BCUT2D eigenvalue weighted by molar-refractivity contribution is 7.26. The summed E-state index contributed by atoms with van der Waals surface area (Å²) in [7, 11) is 0. The highest BCUT2D eigenvalue weighted by Crippen LogP contribution is 2.42. The average Bonchev–Trinajstić information content (AvgIpc) is 3.85. The van der Waals surface area contributed by atoms with Crippen molar-refractivity contribution < 1.29 is 0 Å². The molecule has 4 nitrogen and oxygen atoms in total. The number of rotatable bonds is 4. The maximum Gasteiger partial charge on any atom is 0.160 e. The Kier molecular flexibility index (Phi) is 6.09. The van der Waals surface area contributed by atoms with Crippen molar-refractivity contribution in [2.45, 2.75) is 0 Å². The van der Waals surface area contributed by atoms with E-state index in [0.717, 1.165) is 44.2 Å². The largest absolute Gasteiger partial charge is 0.309 e. The smallest absolute Gasteiger partial charge is 0.160 e. The molecule has 0 radical (unpaired) electrons. The van der Waals surface area contributed by atoms with E-state index < -0.39 is 0 Å². The maximum absolute atomic E-state index is 5.21. The van der Waals surface area contributed by atoms with Crippen LogP contribution in [0.15, 0.2) is 170 Å². The monoisotopic (exact) mass is 668 g/mol. The molecular formula is C46H28N4S. The molecule has 51 heavy (non-hydrogen) atoms. The second kappa shape index (κ2) is 11.0. The summed E-state index contributed by atoms with van der Waals surface area (Å²) in [5.41, 5.74) is 11.1. The minimum atomic E-state index is 0.742. The van der Waals surface area contributed by atoms with Crippen LogP contribution in [0, 0.1) is 0 Å². The molecular weight excluding hydrogens is 641 g/mol. The molecule has 0 aliphatic heterocycles. The number of fused-ring (bicyclic) bond motifs is 9. The van der Waals surface area contributed by atoms with Gasteiger partial charge in [0, 0.05) is 54.1 Å². The van der Waals surface area contributed by atoms with Gasteiger partial charge in [-0.3, -0.25) is 0 Å². The van der Waals surface area contributed by atoms with Crippen LogP contribution < -0.4 is 0 Å². The van der Waals surface area contributed by atoms with Gasteiger partial charge in [-0.2, -0.15) is 0 Å². The molecule has 4 aromatic heterocycles. The first-order valence-electron chi connectivity index (χ1n) is 17.2. The second-order valence-electron chi connectivity index (χ2n) is 13.0. The van der Waals surface area contributed by atoms with Gasteiger partial charge in [0.05, 0.1) is 38.0 Å². The van der Waals surface area contributed by atoms with E-state index in [1.165, 1.54) is 53.7 Å². The molecule has 11 rings (SSSR count). The summed E-state index contributed by atoms with van der Waals surface area (Å²) in [5, 5.41) is 6.16. The zero-order chi connectivity index (χ0) is 33.5. The molecule has 11 aromatic rings. The van der Waals surface area contributed by atoms with Crippen LogP contribution in [0.4, 0.5) is 0 Å². The standard InChI is InChI=1S/C46H28N4S/c1-3-13-30(14-4-1)46-47-43(45-44(48-46)35-19-9-12-22-42(35)51-45)29-23-25-32(26-24-29)50-39-21-11-8-18-34(39)37-27-36-33-17-7-10-20-38(33)49(40(36)28-41(37)50)31-15-5-2-6-16-31/h1-28H. The lowest BCUT2D eigenvalue weighted by Crippen LogP contribution is -1.96. The van der Waals surface area contributed by atoms with Gasteiger partial charge in [-0.1, -0.05) is 115 Å². The summed E-state index contributed by atoms with van der Waals surface area (Å²) < 4.78 is 7.13. The number of para-hydroxylation sites is 3. The molecule has 4 heterocycles. The zero-order valence-electron chi connectivity index (χ0n) is 27.4. The number of benzene rings is 7. The normalized spacial score (nSPS) is 11.9. The van der Waals surface area contributed by atoms with Gasteiger partial charge in [0.15, 0.2) is 5.82 Å². The van der Waals surface area contributed by atoms with E-state index in [4.69, 9.17) is 9.97 Å². The third kappa shape index (κ3) is 4.25. The number of nitrogens with zero attached hydrogens (tertiary/aromatic N) is 4. The van der Waals surface area contributed by atoms with Crippen molar-refractivity contribution in [2.75, 3.05) is 0 Å². The fourth-order valence-electron chi connectivity index (χ4n) is 7.84. The molecule has 5 heteroatoms. The fraction of sp³-hybridized carbons (Fsp3) is 0. The Morgan fingerprint density at radius 2 is 0.941 bits per heavy atom. The molecule has 0 aliphatic carbocycles.